The number of hydrogen-bond donors (Lipinski definition) is 1. The molecule has 0 amide bonds. The third-order valence-electron chi connectivity index (χ3n) is 9.09. The van der Waals surface area contributed by atoms with E-state index in [2.05, 4.69) is 19.8 Å². The molecule has 3 fully saturated rings. The fraction of sp³-hybridized carbons (Fsp3) is 0.621. The van der Waals surface area contributed by atoms with Crippen molar-refractivity contribution in [2.24, 2.45) is 5.92 Å². The summed E-state index contributed by atoms with van der Waals surface area (Å²) in [4.78, 5) is 18.0. The van der Waals surface area contributed by atoms with Crippen molar-refractivity contribution in [3.63, 3.8) is 0 Å². The van der Waals surface area contributed by atoms with E-state index in [1.165, 1.54) is 12.1 Å². The smallest absolute Gasteiger partial charge is 0.390 e. The molecule has 4 heterocycles. The Morgan fingerprint density at radius 2 is 1.77 bits per heavy atom. The molecule has 5 atom stereocenters. The Morgan fingerprint density at radius 1 is 1.07 bits per heavy atom. The minimum Gasteiger partial charge on any atom is -0.390 e. The summed E-state index contributed by atoms with van der Waals surface area (Å²) in [7, 11) is 0. The van der Waals surface area contributed by atoms with E-state index in [-0.39, 0.29) is 36.1 Å². The van der Waals surface area contributed by atoms with Gasteiger partial charge in [0.1, 0.15) is 11.9 Å². The normalized spacial score (nSPS) is 27.5. The van der Waals surface area contributed by atoms with Crippen molar-refractivity contribution < 1.29 is 31.8 Å². The highest BCUT2D eigenvalue weighted by molar-refractivity contribution is 6.28. The number of nitrogens with zero attached hydrogens (tertiary/aromatic N) is 6. The van der Waals surface area contributed by atoms with Crippen molar-refractivity contribution in [3.05, 3.63) is 46.5 Å². The van der Waals surface area contributed by atoms with Crippen LogP contribution >= 0.6 is 11.6 Å². The van der Waals surface area contributed by atoms with E-state index in [1.54, 1.807) is 0 Å². The molecule has 2 aromatic heterocycles. The van der Waals surface area contributed by atoms with Gasteiger partial charge in [-0.15, -0.1) is 0 Å². The molecule has 6 rings (SSSR count). The second kappa shape index (κ2) is 11.1. The molecule has 14 heteroatoms. The number of fused-ring (bicyclic) bond motifs is 1. The van der Waals surface area contributed by atoms with E-state index in [9.17, 15) is 27.1 Å². The van der Waals surface area contributed by atoms with Crippen LogP contribution in [0.4, 0.5) is 27.8 Å². The Kier molecular flexibility index (Phi) is 7.84. The number of aromatic nitrogens is 4. The van der Waals surface area contributed by atoms with Gasteiger partial charge in [0, 0.05) is 50.7 Å². The van der Waals surface area contributed by atoms with Gasteiger partial charge >= 0.3 is 6.18 Å². The van der Waals surface area contributed by atoms with Crippen LogP contribution in [0.5, 0.6) is 0 Å². The molecule has 1 unspecified atom stereocenters. The summed E-state index contributed by atoms with van der Waals surface area (Å²) in [6, 6.07) is 4.10. The molecule has 1 N–H and O–H groups in total. The van der Waals surface area contributed by atoms with Crippen LogP contribution in [0, 0.1) is 12.8 Å². The average Bonchev–Trinajstić information content (AvgIpc) is 3.46. The number of piperazine rings is 1. The zero-order valence-electron chi connectivity index (χ0n) is 24.0. The number of benzene rings is 1. The number of anilines is 1. The second-order valence-corrected chi connectivity index (χ2v) is 12.5. The first kappa shape index (κ1) is 30.4. The minimum absolute atomic E-state index is 0.0400. The highest BCUT2D eigenvalue weighted by Gasteiger charge is 2.51. The van der Waals surface area contributed by atoms with Gasteiger partial charge in [0.25, 0.3) is 0 Å². The average molecular weight is 629 g/mol. The molecular weight excluding hydrogens is 595 g/mol. The van der Waals surface area contributed by atoms with Crippen LogP contribution in [0.2, 0.25) is 5.28 Å². The van der Waals surface area contributed by atoms with Crippen LogP contribution in [0.1, 0.15) is 56.1 Å². The molecule has 43 heavy (non-hydrogen) atoms. The largest absolute Gasteiger partial charge is 0.416 e. The van der Waals surface area contributed by atoms with Crippen LogP contribution in [0.3, 0.4) is 0 Å². The SMILES string of the molecule is Cc1nc2c(N3C[C@@H](C)N(C(c4ccc(C(F)(F)F)cc4)C4CC(F)(F)C4)C[C@@H]3C)nc(Cl)nc2n1C[C@H]1OCC[C@@H]1O. The van der Waals surface area contributed by atoms with E-state index in [1.807, 2.05) is 25.3 Å². The zero-order valence-corrected chi connectivity index (χ0v) is 24.8. The predicted octanol–water partition coefficient (Wildman–Crippen LogP) is 5.64. The van der Waals surface area contributed by atoms with Crippen LogP contribution in [-0.4, -0.2) is 79.4 Å². The third kappa shape index (κ3) is 5.81. The molecule has 1 saturated carbocycles. The number of rotatable bonds is 6. The molecule has 0 bridgehead atoms. The maximum Gasteiger partial charge on any atom is 0.416 e. The first-order chi connectivity index (χ1) is 20.2. The first-order valence-corrected chi connectivity index (χ1v) is 14.9. The van der Waals surface area contributed by atoms with Gasteiger partial charge in [-0.2, -0.15) is 23.1 Å². The number of imidazole rings is 1. The molecule has 234 valence electrons. The van der Waals surface area contributed by atoms with Crippen molar-refractivity contribution in [3.8, 4) is 0 Å². The number of ether oxygens (including phenoxy) is 1. The summed E-state index contributed by atoms with van der Waals surface area (Å²) < 4.78 is 75.4. The van der Waals surface area contributed by atoms with Gasteiger partial charge in [0.2, 0.25) is 11.2 Å². The number of hydrogen-bond acceptors (Lipinski definition) is 7. The Morgan fingerprint density at radius 3 is 2.37 bits per heavy atom. The fourth-order valence-electron chi connectivity index (χ4n) is 6.85. The topological polar surface area (TPSA) is 79.5 Å². The van der Waals surface area contributed by atoms with Gasteiger partial charge in [0.05, 0.1) is 18.2 Å². The van der Waals surface area contributed by atoms with Crippen LogP contribution in [0.25, 0.3) is 11.2 Å². The van der Waals surface area contributed by atoms with Crippen molar-refractivity contribution in [1.82, 2.24) is 24.4 Å². The van der Waals surface area contributed by atoms with Crippen molar-refractivity contribution in [2.45, 2.75) is 89.0 Å². The fourth-order valence-corrected chi connectivity index (χ4v) is 7.01. The Labute approximate surface area is 250 Å². The summed E-state index contributed by atoms with van der Waals surface area (Å²) in [6.07, 6.45) is -5.52. The van der Waals surface area contributed by atoms with Gasteiger partial charge in [-0.1, -0.05) is 12.1 Å². The monoisotopic (exact) mass is 628 g/mol. The quantitative estimate of drug-likeness (QED) is 0.280. The van der Waals surface area contributed by atoms with E-state index < -0.39 is 35.9 Å². The predicted molar refractivity (Wildman–Crippen MR) is 150 cm³/mol. The maximum absolute atomic E-state index is 14.0. The van der Waals surface area contributed by atoms with E-state index >= 15 is 0 Å². The maximum atomic E-state index is 14.0. The molecule has 2 aliphatic heterocycles. The number of alkyl halides is 5. The van der Waals surface area contributed by atoms with Crippen LogP contribution in [-0.2, 0) is 17.5 Å². The van der Waals surface area contributed by atoms with Gasteiger partial charge in [-0.3, -0.25) is 4.90 Å². The first-order valence-electron chi connectivity index (χ1n) is 14.5. The van der Waals surface area contributed by atoms with Gasteiger partial charge in [-0.25, -0.2) is 13.8 Å². The lowest BCUT2D eigenvalue weighted by Gasteiger charge is -2.52. The van der Waals surface area contributed by atoms with Gasteiger partial charge in [-0.05, 0) is 62.4 Å². The third-order valence-corrected chi connectivity index (χ3v) is 9.26. The summed E-state index contributed by atoms with van der Waals surface area (Å²) in [5, 5.41) is 10.3. The Hall–Kier alpha value is -2.61. The number of halogens is 6. The molecule has 3 aliphatic rings. The molecule has 2 saturated heterocycles. The van der Waals surface area contributed by atoms with Crippen LogP contribution < -0.4 is 4.90 Å². The second-order valence-electron chi connectivity index (χ2n) is 12.2. The lowest BCUT2D eigenvalue weighted by atomic mass is 9.73. The summed E-state index contributed by atoms with van der Waals surface area (Å²) >= 11 is 6.42. The molecule has 3 aromatic rings. The molecule has 8 nitrogen and oxygen atoms in total. The Bertz CT molecular complexity index is 1480. The molecule has 0 spiro atoms. The highest BCUT2D eigenvalue weighted by Crippen LogP contribution is 2.51. The van der Waals surface area contributed by atoms with E-state index in [0.29, 0.717) is 61.0 Å². The Balaban J connectivity index is 1.30. The van der Waals surface area contributed by atoms with Crippen molar-refractivity contribution in [1.29, 1.82) is 0 Å². The molecular formula is C29H34ClF5N6O2. The standard InChI is InChI=1S/C29H34ClF5N6O2/c1-15-13-40(25-23-26(38-27(30)37-25)41(17(3)36-23)14-22-21(42)8-9-43-22)16(2)12-39(15)24(19-10-28(31,32)11-19)18-4-6-20(7-5-18)29(33,34)35/h4-7,15-16,19,21-22,24,42H,8-14H2,1-3H3/t15-,16+,21+,22-,24?/m1/s1. The highest BCUT2D eigenvalue weighted by atomic mass is 35.5. The lowest BCUT2D eigenvalue weighted by Crippen LogP contribution is -2.59. The summed E-state index contributed by atoms with van der Waals surface area (Å²) in [5.41, 5.74) is 0.907. The van der Waals surface area contributed by atoms with Crippen molar-refractivity contribution >= 4 is 28.6 Å². The molecule has 0 radical (unpaired) electrons. The minimum atomic E-state index is -4.48. The summed E-state index contributed by atoms with van der Waals surface area (Å²) in [5.74, 6) is -1.95. The van der Waals surface area contributed by atoms with Crippen molar-refractivity contribution in [2.75, 3.05) is 24.6 Å². The molecule has 1 aromatic carbocycles. The number of aliphatic hydroxyl groups excluding tert-OH is 1. The number of aryl methyl sites for hydroxylation is 1. The van der Waals surface area contributed by atoms with Gasteiger partial charge < -0.3 is 19.3 Å². The summed E-state index contributed by atoms with van der Waals surface area (Å²) in [6.45, 7) is 7.57. The van der Waals surface area contributed by atoms with Gasteiger partial charge in [0.15, 0.2) is 17.0 Å². The number of aliphatic hydroxyl groups is 1. The molecule has 1 aliphatic carbocycles. The van der Waals surface area contributed by atoms with E-state index in [4.69, 9.17) is 21.3 Å². The zero-order chi connectivity index (χ0) is 30.8. The van der Waals surface area contributed by atoms with Crippen LogP contribution in [0.15, 0.2) is 24.3 Å². The lowest BCUT2D eigenvalue weighted by molar-refractivity contribution is -0.138. The van der Waals surface area contributed by atoms with E-state index in [0.717, 1.165) is 12.1 Å².